The van der Waals surface area contributed by atoms with E-state index in [1.807, 2.05) is 0 Å². The molecule has 0 saturated carbocycles. The van der Waals surface area contributed by atoms with Crippen molar-refractivity contribution in [3.05, 3.63) is 22.5 Å². The second kappa shape index (κ2) is 4.46. The molecule has 1 aromatic carbocycles. The molecule has 0 fully saturated rings. The number of rotatable bonds is 3. The van der Waals surface area contributed by atoms with Gasteiger partial charge in [0.1, 0.15) is 5.82 Å². The lowest BCUT2D eigenvalue weighted by molar-refractivity contribution is 0.0698. The molecule has 0 amide bonds. The summed E-state index contributed by atoms with van der Waals surface area (Å²) in [6, 6.07) is 1.41. The molecule has 0 aliphatic rings. The highest BCUT2D eigenvalue weighted by atomic mass is 35.5. The number of hydrogen-bond acceptors (Lipinski definition) is 4. The van der Waals surface area contributed by atoms with Crippen LogP contribution in [0.1, 0.15) is 16.2 Å². The van der Waals surface area contributed by atoms with Crippen LogP contribution in [0.3, 0.4) is 0 Å². The molecule has 0 atom stereocenters. The number of carboxylic acid groups (broad SMARTS) is 1. The quantitative estimate of drug-likeness (QED) is 0.507. The Balaban J connectivity index is 2.68. The molecule has 0 spiro atoms. The highest BCUT2D eigenvalue weighted by Gasteiger charge is 2.17. The highest BCUT2D eigenvalue weighted by molar-refractivity contribution is 7.80. The Hall–Kier alpha value is -1.40. The van der Waals surface area contributed by atoms with Crippen LogP contribution in [0.2, 0.25) is 5.02 Å². The summed E-state index contributed by atoms with van der Waals surface area (Å²) in [6.07, 6.45) is 0.649. The normalized spacial score (nSPS) is 10.9. The number of fused-ring (bicyclic) bond motifs is 1. The topological polar surface area (TPSA) is 92.0 Å². The lowest BCUT2D eigenvalue weighted by Gasteiger charge is -2.03. The minimum Gasteiger partial charge on any atom is -0.478 e. The number of carbonyl (C=O) groups is 1. The number of aromatic carboxylic acids is 1. The largest absolute Gasteiger partial charge is 0.478 e. The van der Waals surface area contributed by atoms with E-state index in [0.29, 0.717) is 29.0 Å². The van der Waals surface area contributed by atoms with Gasteiger partial charge < -0.3 is 15.8 Å². The fourth-order valence-electron chi connectivity index (χ4n) is 1.58. The summed E-state index contributed by atoms with van der Waals surface area (Å²) in [6.45, 7) is 0. The number of nitrogens with two attached hydrogens (primary N) is 1. The predicted octanol–water partition coefficient (Wildman–Crippen LogP) is 1.97. The zero-order chi connectivity index (χ0) is 12.6. The Kier molecular flexibility index (Phi) is 3.17. The van der Waals surface area contributed by atoms with Gasteiger partial charge in [-0.15, -0.1) is 0 Å². The fraction of sp³-hybridized carbons (Fsp3) is 0.200. The summed E-state index contributed by atoms with van der Waals surface area (Å²) in [5.74, 6) is 0.225. The molecular weight excluding hydrogens is 262 g/mol. The monoisotopic (exact) mass is 271 g/mol. The number of aromatic nitrogens is 2. The first-order valence-corrected chi connectivity index (χ1v) is 5.86. The summed E-state index contributed by atoms with van der Waals surface area (Å²) in [4.78, 5) is 18.2. The summed E-state index contributed by atoms with van der Waals surface area (Å²) < 4.78 is 0. The lowest BCUT2D eigenvalue weighted by atomic mass is 10.1. The maximum Gasteiger partial charge on any atom is 0.337 e. The zero-order valence-electron chi connectivity index (χ0n) is 8.70. The molecule has 0 aliphatic carbocycles. The Morgan fingerprint density at radius 2 is 2.35 bits per heavy atom. The van der Waals surface area contributed by atoms with Gasteiger partial charge in [0.2, 0.25) is 0 Å². The summed E-state index contributed by atoms with van der Waals surface area (Å²) in [5, 5.41) is 9.16. The standard InChI is InChI=1S/C10H10ClN3O2S/c11-7-8(12)4(10(15)16)3-5-9(7)14-6(13-5)1-2-17/h3,17H,1-2,12H2,(H,13,14)(H,15,16). The van der Waals surface area contributed by atoms with Gasteiger partial charge in [-0.2, -0.15) is 12.6 Å². The highest BCUT2D eigenvalue weighted by Crippen LogP contribution is 2.31. The van der Waals surface area contributed by atoms with Gasteiger partial charge in [0.15, 0.2) is 0 Å². The maximum absolute atomic E-state index is 11.0. The van der Waals surface area contributed by atoms with Crippen LogP contribution in [0.4, 0.5) is 5.69 Å². The number of hydrogen-bond donors (Lipinski definition) is 4. The molecule has 7 heteroatoms. The van der Waals surface area contributed by atoms with Gasteiger partial charge in [-0.05, 0) is 11.8 Å². The summed E-state index contributed by atoms with van der Waals surface area (Å²) in [7, 11) is 0. The summed E-state index contributed by atoms with van der Waals surface area (Å²) >= 11 is 10.1. The van der Waals surface area contributed by atoms with Gasteiger partial charge in [-0.1, -0.05) is 11.6 Å². The number of halogens is 1. The van der Waals surface area contributed by atoms with Gasteiger partial charge in [0.25, 0.3) is 0 Å². The van der Waals surface area contributed by atoms with Crippen LogP contribution in [0, 0.1) is 0 Å². The van der Waals surface area contributed by atoms with Crippen molar-refractivity contribution < 1.29 is 9.90 Å². The van der Waals surface area contributed by atoms with E-state index in [0.717, 1.165) is 0 Å². The van der Waals surface area contributed by atoms with Gasteiger partial charge in [0.05, 0.1) is 27.3 Å². The van der Waals surface area contributed by atoms with Crippen molar-refractivity contribution in [2.24, 2.45) is 0 Å². The molecular formula is C10H10ClN3O2S. The SMILES string of the molecule is Nc1c(C(=O)O)cc2nc(CCS)[nH]c2c1Cl. The minimum atomic E-state index is -1.12. The van der Waals surface area contributed by atoms with Gasteiger partial charge in [-0.3, -0.25) is 0 Å². The van der Waals surface area contributed by atoms with Crippen molar-refractivity contribution in [1.82, 2.24) is 9.97 Å². The molecule has 90 valence electrons. The first kappa shape index (κ1) is 12.1. The molecule has 0 saturated heterocycles. The van der Waals surface area contributed by atoms with Crippen LogP contribution in [0.15, 0.2) is 6.07 Å². The lowest BCUT2D eigenvalue weighted by Crippen LogP contribution is -2.03. The third-order valence-electron chi connectivity index (χ3n) is 2.39. The van der Waals surface area contributed by atoms with E-state index < -0.39 is 5.97 Å². The van der Waals surface area contributed by atoms with E-state index in [2.05, 4.69) is 22.6 Å². The number of nitrogen functional groups attached to an aromatic ring is 1. The van der Waals surface area contributed by atoms with Gasteiger partial charge >= 0.3 is 5.97 Å². The van der Waals surface area contributed by atoms with E-state index in [9.17, 15) is 4.79 Å². The van der Waals surface area contributed by atoms with Crippen molar-refractivity contribution >= 4 is 46.9 Å². The van der Waals surface area contributed by atoms with Crippen LogP contribution < -0.4 is 5.73 Å². The first-order chi connectivity index (χ1) is 8.04. The van der Waals surface area contributed by atoms with Crippen molar-refractivity contribution in [1.29, 1.82) is 0 Å². The van der Waals surface area contributed by atoms with Crippen LogP contribution in [-0.2, 0) is 6.42 Å². The van der Waals surface area contributed by atoms with Crippen molar-refractivity contribution in [3.63, 3.8) is 0 Å². The van der Waals surface area contributed by atoms with Crippen LogP contribution >= 0.6 is 24.2 Å². The predicted molar refractivity (Wildman–Crippen MR) is 70.0 cm³/mol. The number of H-pyrrole nitrogens is 1. The number of thiol groups is 1. The smallest absolute Gasteiger partial charge is 0.337 e. The van der Waals surface area contributed by atoms with E-state index in [-0.39, 0.29) is 16.3 Å². The average molecular weight is 272 g/mol. The summed E-state index contributed by atoms with van der Waals surface area (Å²) in [5.41, 5.74) is 6.73. The Labute approximate surface area is 107 Å². The Bertz CT molecular complexity index is 597. The number of anilines is 1. The number of aromatic amines is 1. The van der Waals surface area contributed by atoms with Gasteiger partial charge in [0, 0.05) is 6.42 Å². The second-order valence-electron chi connectivity index (χ2n) is 3.51. The molecule has 1 aromatic heterocycles. The number of benzene rings is 1. The fourth-order valence-corrected chi connectivity index (χ4v) is 2.04. The van der Waals surface area contributed by atoms with Crippen molar-refractivity contribution in [2.75, 3.05) is 11.5 Å². The number of imidazole rings is 1. The van der Waals surface area contributed by atoms with Crippen molar-refractivity contribution in [3.8, 4) is 0 Å². The Morgan fingerprint density at radius 3 is 2.94 bits per heavy atom. The van der Waals surface area contributed by atoms with E-state index in [1.165, 1.54) is 6.07 Å². The maximum atomic E-state index is 11.0. The van der Waals surface area contributed by atoms with E-state index >= 15 is 0 Å². The van der Waals surface area contributed by atoms with Crippen LogP contribution in [-0.4, -0.2) is 26.8 Å². The van der Waals surface area contributed by atoms with Crippen LogP contribution in [0.25, 0.3) is 11.0 Å². The molecule has 0 unspecified atom stereocenters. The molecule has 0 bridgehead atoms. The molecule has 0 aliphatic heterocycles. The molecule has 1 heterocycles. The molecule has 17 heavy (non-hydrogen) atoms. The third kappa shape index (κ3) is 2.05. The minimum absolute atomic E-state index is 0.0357. The Morgan fingerprint density at radius 1 is 1.65 bits per heavy atom. The third-order valence-corrected chi connectivity index (χ3v) is 3.00. The van der Waals surface area contributed by atoms with Crippen molar-refractivity contribution in [2.45, 2.75) is 6.42 Å². The average Bonchev–Trinajstić information content (AvgIpc) is 2.66. The second-order valence-corrected chi connectivity index (χ2v) is 4.33. The zero-order valence-corrected chi connectivity index (χ0v) is 10.3. The molecule has 2 rings (SSSR count). The first-order valence-electron chi connectivity index (χ1n) is 4.85. The van der Waals surface area contributed by atoms with E-state index in [4.69, 9.17) is 22.4 Å². The number of aryl methyl sites for hydroxylation is 1. The number of carboxylic acids is 1. The van der Waals surface area contributed by atoms with Gasteiger partial charge in [-0.25, -0.2) is 9.78 Å². The molecule has 5 nitrogen and oxygen atoms in total. The van der Waals surface area contributed by atoms with E-state index in [1.54, 1.807) is 0 Å². The van der Waals surface area contributed by atoms with Crippen LogP contribution in [0.5, 0.6) is 0 Å². The number of nitrogens with zero attached hydrogens (tertiary/aromatic N) is 1. The molecule has 2 aromatic rings. The number of nitrogens with one attached hydrogen (secondary N) is 1. The molecule has 0 radical (unpaired) electrons. The molecule has 4 N–H and O–H groups in total.